The largest absolute Gasteiger partial charge is 0.383 e. The average Bonchev–Trinajstić information content (AvgIpc) is 3.49. The minimum absolute atomic E-state index is 0.0502. The summed E-state index contributed by atoms with van der Waals surface area (Å²) >= 11 is 0. The number of aryl methyl sites for hydroxylation is 1. The lowest BCUT2D eigenvalue weighted by atomic mass is 10.1. The average molecular weight is 483 g/mol. The lowest BCUT2D eigenvalue weighted by molar-refractivity contribution is -0.126. The van der Waals surface area contributed by atoms with E-state index in [2.05, 4.69) is 26.8 Å². The number of nitrogen functional groups attached to an aromatic ring is 1. The smallest absolute Gasteiger partial charge is 0.256 e. The highest BCUT2D eigenvalue weighted by molar-refractivity contribution is 6.04. The maximum absolute atomic E-state index is 12.7. The second-order valence-corrected chi connectivity index (χ2v) is 8.97. The standard InChI is InChI=1S/C26H26N8O2/c1-15(2)26(36)33-11-9-19(13-33)34-24-21(23(27)29-14-30-24)22(32-34)17-4-6-18(7-5-17)25(35)31-20-12-16(3)8-10-28-20/h4-8,10,12,14,19H,1,9,11,13H2,2-3H3,(H2,27,29,30)(H,28,31,35)/t19-/m1/s1. The van der Waals surface area contributed by atoms with Gasteiger partial charge in [-0.2, -0.15) is 5.10 Å². The Balaban J connectivity index is 1.45. The van der Waals surface area contributed by atoms with Gasteiger partial charge >= 0.3 is 0 Å². The number of rotatable bonds is 5. The Bertz CT molecular complexity index is 1490. The molecule has 1 atom stereocenters. The first kappa shape index (κ1) is 23.2. The number of hydrogen-bond acceptors (Lipinski definition) is 7. The molecule has 10 nitrogen and oxygen atoms in total. The molecule has 4 heterocycles. The Hall–Kier alpha value is -4.60. The summed E-state index contributed by atoms with van der Waals surface area (Å²) in [5.74, 6) is 0.500. The van der Waals surface area contributed by atoms with Crippen LogP contribution in [0.3, 0.4) is 0 Å². The third kappa shape index (κ3) is 4.28. The molecule has 4 aromatic rings. The Labute approximate surface area is 207 Å². The van der Waals surface area contributed by atoms with E-state index in [-0.39, 0.29) is 17.9 Å². The van der Waals surface area contributed by atoms with Gasteiger partial charge in [0.2, 0.25) is 5.91 Å². The van der Waals surface area contributed by atoms with E-state index in [0.717, 1.165) is 17.5 Å². The summed E-state index contributed by atoms with van der Waals surface area (Å²) in [6.45, 7) is 8.55. The zero-order chi connectivity index (χ0) is 25.4. The third-order valence-corrected chi connectivity index (χ3v) is 6.26. The van der Waals surface area contributed by atoms with E-state index in [9.17, 15) is 9.59 Å². The maximum atomic E-state index is 12.7. The van der Waals surface area contributed by atoms with Gasteiger partial charge in [0.25, 0.3) is 5.91 Å². The van der Waals surface area contributed by atoms with Crippen molar-refractivity contribution in [3.8, 4) is 11.3 Å². The van der Waals surface area contributed by atoms with Crippen molar-refractivity contribution in [2.45, 2.75) is 26.3 Å². The molecule has 0 saturated carbocycles. The van der Waals surface area contributed by atoms with E-state index in [4.69, 9.17) is 10.8 Å². The summed E-state index contributed by atoms with van der Waals surface area (Å²) in [4.78, 5) is 39.7. The molecule has 3 N–H and O–H groups in total. The van der Waals surface area contributed by atoms with Gasteiger partial charge in [0.1, 0.15) is 23.7 Å². The number of carbonyl (C=O) groups excluding carboxylic acids is 2. The molecule has 182 valence electrons. The van der Waals surface area contributed by atoms with Crippen LogP contribution in [0.5, 0.6) is 0 Å². The highest BCUT2D eigenvalue weighted by Gasteiger charge is 2.31. The molecule has 0 aliphatic carbocycles. The van der Waals surface area contributed by atoms with Crippen molar-refractivity contribution < 1.29 is 9.59 Å². The molecule has 1 fully saturated rings. The number of anilines is 2. The van der Waals surface area contributed by atoms with Gasteiger partial charge in [-0.15, -0.1) is 0 Å². The van der Waals surface area contributed by atoms with Crippen LogP contribution in [0.1, 0.15) is 35.3 Å². The van der Waals surface area contributed by atoms with Crippen LogP contribution in [0.25, 0.3) is 22.3 Å². The van der Waals surface area contributed by atoms with Crippen LogP contribution in [-0.2, 0) is 4.79 Å². The minimum atomic E-state index is -0.258. The van der Waals surface area contributed by atoms with Crippen molar-refractivity contribution >= 4 is 34.5 Å². The Morgan fingerprint density at radius 3 is 2.64 bits per heavy atom. The molecule has 1 aliphatic rings. The Morgan fingerprint density at radius 2 is 1.92 bits per heavy atom. The number of pyridine rings is 1. The summed E-state index contributed by atoms with van der Waals surface area (Å²) in [6.07, 6.45) is 3.81. The van der Waals surface area contributed by atoms with Crippen LogP contribution < -0.4 is 11.1 Å². The fourth-order valence-corrected chi connectivity index (χ4v) is 4.42. The molecule has 10 heteroatoms. The predicted octanol–water partition coefficient (Wildman–Crippen LogP) is 3.38. The van der Waals surface area contributed by atoms with E-state index in [1.807, 2.05) is 35.9 Å². The second kappa shape index (κ2) is 9.21. The summed E-state index contributed by atoms with van der Waals surface area (Å²) in [5.41, 5.74) is 10.3. The van der Waals surface area contributed by atoms with Crippen molar-refractivity contribution in [1.82, 2.24) is 29.6 Å². The third-order valence-electron chi connectivity index (χ3n) is 6.26. The molecule has 0 spiro atoms. The molecular weight excluding hydrogens is 456 g/mol. The highest BCUT2D eigenvalue weighted by Crippen LogP contribution is 2.34. The first-order chi connectivity index (χ1) is 17.3. The number of hydrogen-bond donors (Lipinski definition) is 2. The Morgan fingerprint density at radius 1 is 1.14 bits per heavy atom. The van der Waals surface area contributed by atoms with Gasteiger partial charge in [-0.25, -0.2) is 19.6 Å². The lowest BCUT2D eigenvalue weighted by Crippen LogP contribution is -2.29. The van der Waals surface area contributed by atoms with E-state index in [0.29, 0.717) is 52.6 Å². The molecule has 1 aromatic carbocycles. The molecule has 0 unspecified atom stereocenters. The van der Waals surface area contributed by atoms with Crippen LogP contribution in [0, 0.1) is 6.92 Å². The quantitative estimate of drug-likeness (QED) is 0.417. The number of nitrogens with zero attached hydrogens (tertiary/aromatic N) is 6. The van der Waals surface area contributed by atoms with Crippen LogP contribution in [-0.4, -0.2) is 54.5 Å². The second-order valence-electron chi connectivity index (χ2n) is 8.97. The van der Waals surface area contributed by atoms with Crippen molar-refractivity contribution in [3.63, 3.8) is 0 Å². The van der Waals surface area contributed by atoms with Crippen molar-refractivity contribution in [2.24, 2.45) is 0 Å². The first-order valence-electron chi connectivity index (χ1n) is 11.6. The molecule has 5 rings (SSSR count). The number of amides is 2. The topological polar surface area (TPSA) is 132 Å². The molecule has 0 radical (unpaired) electrons. The Kier molecular flexibility index (Phi) is 5.93. The fourth-order valence-electron chi connectivity index (χ4n) is 4.42. The maximum Gasteiger partial charge on any atom is 0.256 e. The van der Waals surface area contributed by atoms with Gasteiger partial charge in [0, 0.05) is 36.0 Å². The number of fused-ring (bicyclic) bond motifs is 1. The monoisotopic (exact) mass is 482 g/mol. The van der Waals surface area contributed by atoms with Crippen LogP contribution in [0.4, 0.5) is 11.6 Å². The molecule has 3 aromatic heterocycles. The number of benzene rings is 1. The number of aromatic nitrogens is 5. The van der Waals surface area contributed by atoms with E-state index < -0.39 is 0 Å². The molecule has 0 bridgehead atoms. The normalized spacial score (nSPS) is 15.3. The van der Waals surface area contributed by atoms with Crippen molar-refractivity contribution in [1.29, 1.82) is 0 Å². The molecule has 36 heavy (non-hydrogen) atoms. The zero-order valence-corrected chi connectivity index (χ0v) is 20.1. The summed E-state index contributed by atoms with van der Waals surface area (Å²) in [7, 11) is 0. The van der Waals surface area contributed by atoms with Crippen LogP contribution >= 0.6 is 0 Å². The fraction of sp³-hybridized carbons (Fsp3) is 0.231. The zero-order valence-electron chi connectivity index (χ0n) is 20.1. The summed E-state index contributed by atoms with van der Waals surface area (Å²) in [5, 5.41) is 8.31. The van der Waals surface area contributed by atoms with Gasteiger partial charge < -0.3 is 16.0 Å². The summed E-state index contributed by atoms with van der Waals surface area (Å²) in [6, 6.07) is 10.7. The predicted molar refractivity (Wildman–Crippen MR) is 137 cm³/mol. The van der Waals surface area contributed by atoms with E-state index in [1.54, 1.807) is 30.2 Å². The van der Waals surface area contributed by atoms with Gasteiger partial charge in [0.15, 0.2) is 5.65 Å². The van der Waals surface area contributed by atoms with E-state index in [1.165, 1.54) is 6.33 Å². The van der Waals surface area contributed by atoms with Crippen LogP contribution in [0.15, 0.2) is 61.1 Å². The van der Waals surface area contributed by atoms with Crippen LogP contribution in [0.2, 0.25) is 0 Å². The van der Waals surface area contributed by atoms with Crippen molar-refractivity contribution in [2.75, 3.05) is 24.1 Å². The van der Waals surface area contributed by atoms with Crippen molar-refractivity contribution in [3.05, 3.63) is 72.2 Å². The molecule has 1 saturated heterocycles. The lowest BCUT2D eigenvalue weighted by Gasteiger charge is -2.16. The SMILES string of the molecule is C=C(C)C(=O)N1CC[C@@H](n2nc(-c3ccc(C(=O)Nc4cc(C)ccn4)cc3)c3c(N)ncnc32)C1. The number of carbonyl (C=O) groups is 2. The van der Waals surface area contributed by atoms with Gasteiger partial charge in [-0.05, 0) is 50.1 Å². The number of likely N-dealkylation sites (tertiary alicyclic amines) is 1. The minimum Gasteiger partial charge on any atom is -0.383 e. The molecular formula is C26H26N8O2. The van der Waals surface area contributed by atoms with E-state index >= 15 is 0 Å². The number of nitrogens with one attached hydrogen (secondary N) is 1. The van der Waals surface area contributed by atoms with Gasteiger partial charge in [0.05, 0.1) is 11.4 Å². The van der Waals surface area contributed by atoms with Gasteiger partial charge in [-0.1, -0.05) is 18.7 Å². The molecule has 1 aliphatic heterocycles. The van der Waals surface area contributed by atoms with Gasteiger partial charge in [-0.3, -0.25) is 9.59 Å². The summed E-state index contributed by atoms with van der Waals surface area (Å²) < 4.78 is 1.83. The first-order valence-corrected chi connectivity index (χ1v) is 11.6. The molecule has 2 amide bonds. The number of nitrogens with two attached hydrogens (primary N) is 1. The highest BCUT2D eigenvalue weighted by atomic mass is 16.2.